The van der Waals surface area contributed by atoms with Gasteiger partial charge in [-0.3, -0.25) is 4.90 Å². The summed E-state index contributed by atoms with van der Waals surface area (Å²) in [4.78, 5) is 14.0. The third-order valence-corrected chi connectivity index (χ3v) is 7.87. The molecule has 3 N–H and O–H groups in total. The summed E-state index contributed by atoms with van der Waals surface area (Å²) in [6, 6.07) is 14.3. The molecular formula is C29H27NO6. The van der Waals surface area contributed by atoms with Gasteiger partial charge in [-0.25, -0.2) is 4.79 Å². The fraction of sp³-hybridized carbons (Fsp3) is 0.276. The Morgan fingerprint density at radius 3 is 2.33 bits per heavy atom. The Labute approximate surface area is 208 Å². The van der Waals surface area contributed by atoms with Gasteiger partial charge in [0.15, 0.2) is 11.5 Å². The molecule has 184 valence electrons. The average Bonchev–Trinajstić information content (AvgIpc) is 3.29. The van der Waals surface area contributed by atoms with Crippen molar-refractivity contribution >= 4 is 27.5 Å². The summed E-state index contributed by atoms with van der Waals surface area (Å²) in [7, 11) is 3.25. The first-order chi connectivity index (χ1) is 17.4. The molecule has 2 atom stereocenters. The van der Waals surface area contributed by atoms with E-state index in [1.165, 1.54) is 23.3 Å². The van der Waals surface area contributed by atoms with Gasteiger partial charge in [-0.1, -0.05) is 6.07 Å². The molecule has 7 nitrogen and oxygen atoms in total. The van der Waals surface area contributed by atoms with Gasteiger partial charge in [-0.2, -0.15) is 0 Å². The molecule has 2 unspecified atom stereocenters. The van der Waals surface area contributed by atoms with Gasteiger partial charge in [-0.05, 0) is 93.5 Å². The number of ether oxygens (including phenoxy) is 2. The Balaban J connectivity index is 1.47. The van der Waals surface area contributed by atoms with Gasteiger partial charge in [0.05, 0.1) is 19.8 Å². The first kappa shape index (κ1) is 22.5. The zero-order valence-electron chi connectivity index (χ0n) is 20.1. The van der Waals surface area contributed by atoms with Gasteiger partial charge in [-0.15, -0.1) is 0 Å². The van der Waals surface area contributed by atoms with Gasteiger partial charge >= 0.3 is 5.97 Å². The van der Waals surface area contributed by atoms with E-state index in [9.17, 15) is 20.1 Å². The number of phenolic OH excluding ortho intramolecular Hbond substituents is 2. The molecule has 2 heterocycles. The monoisotopic (exact) mass is 485 g/mol. The second-order valence-electron chi connectivity index (χ2n) is 9.74. The highest BCUT2D eigenvalue weighted by molar-refractivity contribution is 6.12. The first-order valence-corrected chi connectivity index (χ1v) is 12.0. The number of fused-ring (bicyclic) bond motifs is 7. The Kier molecular flexibility index (Phi) is 5.19. The second-order valence-corrected chi connectivity index (χ2v) is 9.74. The molecule has 0 amide bonds. The van der Waals surface area contributed by atoms with Gasteiger partial charge in [0, 0.05) is 25.0 Å². The van der Waals surface area contributed by atoms with Crippen LogP contribution in [-0.2, 0) is 13.0 Å². The summed E-state index contributed by atoms with van der Waals surface area (Å²) in [5.41, 5.74) is 3.37. The summed E-state index contributed by atoms with van der Waals surface area (Å²) < 4.78 is 11.2. The lowest BCUT2D eigenvalue weighted by Gasteiger charge is -2.33. The minimum atomic E-state index is -0.995. The number of aromatic carboxylic acids is 1. The topological polar surface area (TPSA) is 99.5 Å². The standard InChI is InChI=1S/C29H27NO6/c1-35-27-11-23-21-9-17-7-16(20-8-15(29(33)34)3-6-26(20)32)13-30(17)14-25(21)19-5-4-18(31)10-22(19)24(23)12-28(27)36-2/h3-6,8,10-12,16-17,31-32H,7,9,13-14H2,1-2H3,(H,33,34). The second kappa shape index (κ2) is 8.31. The van der Waals surface area contributed by atoms with Crippen molar-refractivity contribution in [1.29, 1.82) is 0 Å². The summed E-state index contributed by atoms with van der Waals surface area (Å²) in [6.07, 6.45) is 1.66. The molecule has 1 fully saturated rings. The van der Waals surface area contributed by atoms with Crippen LogP contribution in [0.5, 0.6) is 23.0 Å². The van der Waals surface area contributed by atoms with Gasteiger partial charge in [0.2, 0.25) is 0 Å². The average molecular weight is 486 g/mol. The summed E-state index contributed by atoms with van der Waals surface area (Å²) in [5, 5.41) is 34.4. The maximum absolute atomic E-state index is 11.5. The SMILES string of the molecule is COc1cc2c3c(c4ccc(O)cc4c2cc1OC)CN1CC(c2cc(C(=O)O)ccc2O)CC1C3. The minimum absolute atomic E-state index is 0.0415. The molecule has 2 aliphatic heterocycles. The number of benzene rings is 4. The van der Waals surface area contributed by atoms with E-state index in [1.54, 1.807) is 32.4 Å². The van der Waals surface area contributed by atoms with Crippen molar-refractivity contribution < 1.29 is 29.6 Å². The van der Waals surface area contributed by atoms with Crippen LogP contribution in [0.3, 0.4) is 0 Å². The van der Waals surface area contributed by atoms with Crippen molar-refractivity contribution in [2.75, 3.05) is 20.8 Å². The number of carbonyl (C=O) groups is 1. The number of carboxylic acid groups (broad SMARTS) is 1. The Morgan fingerprint density at radius 2 is 1.61 bits per heavy atom. The third-order valence-electron chi connectivity index (χ3n) is 7.87. The maximum atomic E-state index is 11.5. The normalized spacial score (nSPS) is 19.3. The largest absolute Gasteiger partial charge is 0.508 e. The number of rotatable bonds is 4. The molecular weight excluding hydrogens is 458 g/mol. The number of nitrogens with zero attached hydrogens (tertiary/aromatic N) is 1. The van der Waals surface area contributed by atoms with Crippen LogP contribution in [0.2, 0.25) is 0 Å². The third kappa shape index (κ3) is 3.42. The minimum Gasteiger partial charge on any atom is -0.508 e. The molecule has 1 saturated heterocycles. The smallest absolute Gasteiger partial charge is 0.335 e. The fourth-order valence-electron chi connectivity index (χ4n) is 6.18. The number of hydrogen-bond acceptors (Lipinski definition) is 6. The molecule has 0 spiro atoms. The molecule has 36 heavy (non-hydrogen) atoms. The molecule has 7 heteroatoms. The van der Waals surface area contributed by atoms with Crippen LogP contribution in [0.25, 0.3) is 21.5 Å². The van der Waals surface area contributed by atoms with Crippen molar-refractivity contribution in [3.63, 3.8) is 0 Å². The van der Waals surface area contributed by atoms with Crippen LogP contribution in [0.15, 0.2) is 48.5 Å². The molecule has 4 aromatic carbocycles. The maximum Gasteiger partial charge on any atom is 0.335 e. The van der Waals surface area contributed by atoms with Crippen LogP contribution in [-0.4, -0.2) is 53.0 Å². The predicted molar refractivity (Wildman–Crippen MR) is 137 cm³/mol. The summed E-state index contributed by atoms with van der Waals surface area (Å²) >= 11 is 0. The van der Waals surface area contributed by atoms with Crippen molar-refractivity contribution in [2.45, 2.75) is 31.3 Å². The van der Waals surface area contributed by atoms with E-state index in [-0.39, 0.29) is 29.0 Å². The molecule has 0 radical (unpaired) electrons. The van der Waals surface area contributed by atoms with Crippen LogP contribution in [0, 0.1) is 0 Å². The molecule has 0 saturated carbocycles. The highest BCUT2D eigenvalue weighted by Crippen LogP contribution is 2.46. The van der Waals surface area contributed by atoms with E-state index in [0.717, 1.165) is 47.5 Å². The van der Waals surface area contributed by atoms with Crippen LogP contribution in [0.4, 0.5) is 0 Å². The van der Waals surface area contributed by atoms with Crippen LogP contribution in [0.1, 0.15) is 39.4 Å². The fourth-order valence-corrected chi connectivity index (χ4v) is 6.18. The van der Waals surface area contributed by atoms with Crippen LogP contribution < -0.4 is 9.47 Å². The van der Waals surface area contributed by atoms with Gasteiger partial charge in [0.25, 0.3) is 0 Å². The summed E-state index contributed by atoms with van der Waals surface area (Å²) in [5.74, 6) is 0.702. The van der Waals surface area contributed by atoms with Crippen molar-refractivity contribution in [3.05, 3.63) is 70.8 Å². The predicted octanol–water partition coefficient (Wildman–Crippen LogP) is 5.03. The van der Waals surface area contributed by atoms with Crippen LogP contribution >= 0.6 is 0 Å². The van der Waals surface area contributed by atoms with Gasteiger partial charge < -0.3 is 24.8 Å². The molecule has 0 bridgehead atoms. The molecule has 0 aliphatic carbocycles. The zero-order chi connectivity index (χ0) is 25.1. The van der Waals surface area contributed by atoms with E-state index in [1.807, 2.05) is 18.2 Å². The van der Waals surface area contributed by atoms with Crippen molar-refractivity contribution in [2.24, 2.45) is 0 Å². The van der Waals surface area contributed by atoms with E-state index in [4.69, 9.17) is 9.47 Å². The highest BCUT2D eigenvalue weighted by Gasteiger charge is 2.38. The van der Waals surface area contributed by atoms with E-state index >= 15 is 0 Å². The van der Waals surface area contributed by atoms with Crippen molar-refractivity contribution in [1.82, 2.24) is 4.90 Å². The Morgan fingerprint density at radius 1 is 0.889 bits per heavy atom. The molecule has 0 aromatic heterocycles. The lowest BCUT2D eigenvalue weighted by molar-refractivity contribution is 0.0696. The number of carboxylic acids is 1. The molecule has 2 aliphatic rings. The van der Waals surface area contributed by atoms with Gasteiger partial charge in [0.1, 0.15) is 11.5 Å². The number of aromatic hydroxyl groups is 2. The Hall–Kier alpha value is -3.97. The van der Waals surface area contributed by atoms with E-state index in [0.29, 0.717) is 17.1 Å². The number of phenols is 2. The summed E-state index contributed by atoms with van der Waals surface area (Å²) in [6.45, 7) is 1.48. The van der Waals surface area contributed by atoms with E-state index in [2.05, 4.69) is 4.90 Å². The Bertz CT molecular complexity index is 1540. The van der Waals surface area contributed by atoms with Crippen molar-refractivity contribution in [3.8, 4) is 23.0 Å². The first-order valence-electron chi connectivity index (χ1n) is 12.0. The zero-order valence-corrected chi connectivity index (χ0v) is 20.1. The lowest BCUT2D eigenvalue weighted by Crippen LogP contribution is -2.35. The highest BCUT2D eigenvalue weighted by atomic mass is 16.5. The number of methoxy groups -OCH3 is 2. The van der Waals surface area contributed by atoms with E-state index < -0.39 is 5.97 Å². The lowest BCUT2D eigenvalue weighted by atomic mass is 9.84. The quantitative estimate of drug-likeness (QED) is 0.349. The number of hydrogen-bond donors (Lipinski definition) is 3. The molecule has 6 rings (SSSR count). The molecule has 4 aromatic rings.